The van der Waals surface area contributed by atoms with Crippen molar-refractivity contribution >= 4 is 23.2 Å². The topological polar surface area (TPSA) is 69.3 Å². The van der Waals surface area contributed by atoms with Crippen LogP contribution in [0.2, 0.25) is 5.02 Å². The minimum atomic E-state index is -0.198. The van der Waals surface area contributed by atoms with Crippen LogP contribution in [-0.4, -0.2) is 47.0 Å². The highest BCUT2D eigenvalue weighted by Crippen LogP contribution is 2.25. The van der Waals surface area contributed by atoms with Gasteiger partial charge in [0.25, 0.3) is 5.91 Å². The predicted octanol–water partition coefficient (Wildman–Crippen LogP) is 1.69. The second-order valence-electron chi connectivity index (χ2n) is 5.47. The Morgan fingerprint density at radius 3 is 2.61 bits per heavy atom. The van der Waals surface area contributed by atoms with E-state index in [0.29, 0.717) is 42.5 Å². The number of hydrogen-bond acceptors (Lipinski definition) is 4. The molecule has 0 atom stereocenters. The molecule has 0 bridgehead atoms. The fourth-order valence-electron chi connectivity index (χ4n) is 2.75. The lowest BCUT2D eigenvalue weighted by molar-refractivity contribution is 0.0745. The summed E-state index contributed by atoms with van der Waals surface area (Å²) < 4.78 is 0. The first-order valence-corrected chi connectivity index (χ1v) is 7.78. The van der Waals surface area contributed by atoms with Crippen molar-refractivity contribution in [3.63, 3.8) is 0 Å². The predicted molar refractivity (Wildman–Crippen MR) is 89.2 cm³/mol. The van der Waals surface area contributed by atoms with Crippen LogP contribution in [-0.2, 0) is 0 Å². The maximum Gasteiger partial charge on any atom is 0.255 e. The molecule has 120 valence electrons. The Balaban J connectivity index is 1.70. The van der Waals surface area contributed by atoms with Crippen molar-refractivity contribution in [1.29, 1.82) is 0 Å². The molecule has 23 heavy (non-hydrogen) atoms. The van der Waals surface area contributed by atoms with E-state index in [4.69, 9.17) is 11.6 Å². The van der Waals surface area contributed by atoms with Crippen LogP contribution in [0.5, 0.6) is 0 Å². The first kappa shape index (κ1) is 15.6. The summed E-state index contributed by atoms with van der Waals surface area (Å²) in [5.74, 6) is -0.0563. The van der Waals surface area contributed by atoms with Crippen molar-refractivity contribution in [1.82, 2.24) is 14.9 Å². The van der Waals surface area contributed by atoms with E-state index in [1.54, 1.807) is 30.3 Å². The number of piperazine rings is 1. The van der Waals surface area contributed by atoms with Crippen LogP contribution in [0.1, 0.15) is 16.1 Å². The largest absolute Gasteiger partial charge is 0.367 e. The van der Waals surface area contributed by atoms with E-state index in [2.05, 4.69) is 14.9 Å². The molecule has 2 aromatic rings. The zero-order valence-corrected chi connectivity index (χ0v) is 13.5. The molecular weight excluding hydrogens is 316 g/mol. The van der Waals surface area contributed by atoms with Crippen molar-refractivity contribution in [3.05, 3.63) is 57.2 Å². The lowest BCUT2D eigenvalue weighted by Gasteiger charge is -2.36. The average Bonchev–Trinajstić information content (AvgIpc) is 2.55. The molecule has 6 nitrogen and oxygen atoms in total. The molecule has 0 radical (unpaired) electrons. The molecule has 1 saturated heterocycles. The number of pyridine rings is 2. The van der Waals surface area contributed by atoms with Crippen LogP contribution in [0.4, 0.5) is 5.69 Å². The van der Waals surface area contributed by atoms with Crippen LogP contribution >= 0.6 is 11.6 Å². The standard InChI is InChI=1S/C16H17ClN4O2/c1-11-12(2-3-15(22)19-11)16(23)21-8-6-20(7-9-21)14-4-5-18-10-13(14)17/h2-5,10H,6-9H2,1H3,(H,19,22). The van der Waals surface area contributed by atoms with E-state index in [1.165, 1.54) is 6.07 Å². The number of rotatable bonds is 2. The number of nitrogens with zero attached hydrogens (tertiary/aromatic N) is 3. The van der Waals surface area contributed by atoms with E-state index in [-0.39, 0.29) is 11.5 Å². The van der Waals surface area contributed by atoms with Crippen LogP contribution in [0.25, 0.3) is 0 Å². The Hall–Kier alpha value is -2.34. The minimum absolute atomic E-state index is 0.0563. The van der Waals surface area contributed by atoms with Crippen LogP contribution in [0.15, 0.2) is 35.4 Å². The molecule has 2 aromatic heterocycles. The number of aromatic amines is 1. The molecule has 0 aliphatic carbocycles. The Morgan fingerprint density at radius 1 is 1.22 bits per heavy atom. The quantitative estimate of drug-likeness (QED) is 0.908. The van der Waals surface area contributed by atoms with Crippen molar-refractivity contribution in [3.8, 4) is 0 Å². The molecule has 1 aliphatic rings. The van der Waals surface area contributed by atoms with Gasteiger partial charge in [-0.3, -0.25) is 14.6 Å². The number of nitrogens with one attached hydrogen (secondary N) is 1. The van der Waals surface area contributed by atoms with Gasteiger partial charge in [0.1, 0.15) is 0 Å². The molecule has 0 spiro atoms. The van der Waals surface area contributed by atoms with Gasteiger partial charge in [-0.25, -0.2) is 0 Å². The summed E-state index contributed by atoms with van der Waals surface area (Å²) in [5.41, 5.74) is 1.88. The molecular formula is C16H17ClN4O2. The van der Waals surface area contributed by atoms with E-state index in [1.807, 2.05) is 6.07 Å². The summed E-state index contributed by atoms with van der Waals surface area (Å²) in [6.45, 7) is 4.36. The molecule has 7 heteroatoms. The third-order valence-corrected chi connectivity index (χ3v) is 4.30. The normalized spacial score (nSPS) is 14.9. The average molecular weight is 333 g/mol. The maximum atomic E-state index is 12.6. The first-order chi connectivity index (χ1) is 11.1. The molecule has 0 saturated carbocycles. The molecule has 3 heterocycles. The van der Waals surface area contributed by atoms with Gasteiger partial charge in [0.2, 0.25) is 5.56 Å². The van der Waals surface area contributed by atoms with E-state index in [9.17, 15) is 9.59 Å². The van der Waals surface area contributed by atoms with E-state index < -0.39 is 0 Å². The summed E-state index contributed by atoms with van der Waals surface area (Å²) in [5, 5.41) is 0.615. The number of hydrogen-bond donors (Lipinski definition) is 1. The molecule has 1 fully saturated rings. The molecule has 0 aromatic carbocycles. The highest BCUT2D eigenvalue weighted by atomic mass is 35.5. The van der Waals surface area contributed by atoms with Crippen molar-refractivity contribution < 1.29 is 4.79 Å². The van der Waals surface area contributed by atoms with Gasteiger partial charge >= 0.3 is 0 Å². The Kier molecular flexibility index (Phi) is 4.34. The zero-order valence-electron chi connectivity index (χ0n) is 12.8. The first-order valence-electron chi connectivity index (χ1n) is 7.40. The number of carbonyl (C=O) groups excluding carboxylic acids is 1. The third-order valence-electron chi connectivity index (χ3n) is 4.01. The number of H-pyrrole nitrogens is 1. The van der Waals surface area contributed by atoms with Gasteiger partial charge < -0.3 is 14.8 Å². The number of aryl methyl sites for hydroxylation is 1. The van der Waals surface area contributed by atoms with E-state index >= 15 is 0 Å². The molecule has 1 N–H and O–H groups in total. The lowest BCUT2D eigenvalue weighted by Crippen LogP contribution is -2.49. The van der Waals surface area contributed by atoms with Crippen LogP contribution in [0, 0.1) is 6.92 Å². The Bertz CT molecular complexity index is 782. The fraction of sp³-hybridized carbons (Fsp3) is 0.312. The van der Waals surface area contributed by atoms with Crippen molar-refractivity contribution in [2.75, 3.05) is 31.1 Å². The lowest BCUT2D eigenvalue weighted by atomic mass is 10.1. The summed E-state index contributed by atoms with van der Waals surface area (Å²) in [4.78, 5) is 34.5. The number of anilines is 1. The van der Waals surface area contributed by atoms with Crippen LogP contribution < -0.4 is 10.5 Å². The maximum absolute atomic E-state index is 12.6. The second kappa shape index (κ2) is 6.42. The summed E-state index contributed by atoms with van der Waals surface area (Å²) in [6, 6.07) is 4.85. The van der Waals surface area contributed by atoms with Gasteiger partial charge in [-0.2, -0.15) is 0 Å². The van der Waals surface area contributed by atoms with Crippen molar-refractivity contribution in [2.45, 2.75) is 6.92 Å². The number of carbonyl (C=O) groups is 1. The third kappa shape index (κ3) is 3.22. The highest BCUT2D eigenvalue weighted by Gasteiger charge is 2.24. The van der Waals surface area contributed by atoms with Gasteiger partial charge in [-0.1, -0.05) is 11.6 Å². The Morgan fingerprint density at radius 2 is 1.96 bits per heavy atom. The van der Waals surface area contributed by atoms with Gasteiger partial charge in [-0.15, -0.1) is 0 Å². The summed E-state index contributed by atoms with van der Waals surface area (Å²) in [6.07, 6.45) is 3.33. The van der Waals surface area contributed by atoms with Gasteiger partial charge in [0.05, 0.1) is 16.3 Å². The van der Waals surface area contributed by atoms with E-state index in [0.717, 1.165) is 5.69 Å². The fourth-order valence-corrected chi connectivity index (χ4v) is 2.99. The molecule has 0 unspecified atom stereocenters. The number of amides is 1. The summed E-state index contributed by atoms with van der Waals surface area (Å²) in [7, 11) is 0. The van der Waals surface area contributed by atoms with Gasteiger partial charge in [0, 0.05) is 50.3 Å². The monoisotopic (exact) mass is 332 g/mol. The number of halogens is 1. The smallest absolute Gasteiger partial charge is 0.255 e. The van der Waals surface area contributed by atoms with Crippen LogP contribution in [0.3, 0.4) is 0 Å². The summed E-state index contributed by atoms with van der Waals surface area (Å²) >= 11 is 6.17. The second-order valence-corrected chi connectivity index (χ2v) is 5.87. The van der Waals surface area contributed by atoms with Crippen molar-refractivity contribution in [2.24, 2.45) is 0 Å². The van der Waals surface area contributed by atoms with Gasteiger partial charge in [0.15, 0.2) is 0 Å². The zero-order chi connectivity index (χ0) is 16.4. The molecule has 1 aliphatic heterocycles. The minimum Gasteiger partial charge on any atom is -0.367 e. The van der Waals surface area contributed by atoms with Gasteiger partial charge in [-0.05, 0) is 19.1 Å². The molecule has 1 amide bonds. The molecule has 3 rings (SSSR count). The Labute approximate surface area is 138 Å². The highest BCUT2D eigenvalue weighted by molar-refractivity contribution is 6.33. The SMILES string of the molecule is Cc1[nH]c(=O)ccc1C(=O)N1CCN(c2ccncc2Cl)CC1. The number of aromatic nitrogens is 2.